The minimum absolute atomic E-state index is 0.0555. The van der Waals surface area contributed by atoms with Crippen LogP contribution in [0.15, 0.2) is 0 Å². The van der Waals surface area contributed by atoms with E-state index in [2.05, 4.69) is 26.1 Å². The molecule has 0 bridgehead atoms. The summed E-state index contributed by atoms with van der Waals surface area (Å²) in [6.07, 6.45) is 4.42. The highest BCUT2D eigenvalue weighted by atomic mass is 16.5. The van der Waals surface area contributed by atoms with E-state index in [-0.39, 0.29) is 12.1 Å². The van der Waals surface area contributed by atoms with Crippen molar-refractivity contribution in [2.75, 3.05) is 13.2 Å². The van der Waals surface area contributed by atoms with Crippen LogP contribution in [0.2, 0.25) is 0 Å². The fourth-order valence-corrected chi connectivity index (χ4v) is 3.08. The maximum Gasteiger partial charge on any atom is 0.407 e. The number of hydrogen-bond donors (Lipinski definition) is 2. The van der Waals surface area contributed by atoms with Gasteiger partial charge in [0.2, 0.25) is 0 Å². The molecule has 1 aliphatic rings. The minimum atomic E-state index is -0.337. The highest BCUT2D eigenvalue weighted by Gasteiger charge is 2.33. The molecule has 0 spiro atoms. The highest BCUT2D eigenvalue weighted by Crippen LogP contribution is 2.40. The first-order valence-electron chi connectivity index (χ1n) is 7.51. The van der Waals surface area contributed by atoms with E-state index in [0.717, 1.165) is 18.8 Å². The summed E-state index contributed by atoms with van der Waals surface area (Å²) >= 11 is 0. The van der Waals surface area contributed by atoms with Gasteiger partial charge in [0, 0.05) is 12.6 Å². The molecule has 0 radical (unpaired) electrons. The summed E-state index contributed by atoms with van der Waals surface area (Å²) in [5.41, 5.74) is 6.18. The summed E-state index contributed by atoms with van der Waals surface area (Å²) in [6, 6.07) is 0.0555. The van der Waals surface area contributed by atoms with Crippen LogP contribution in [0.4, 0.5) is 4.79 Å². The second-order valence-electron chi connectivity index (χ2n) is 6.68. The smallest absolute Gasteiger partial charge is 0.407 e. The molecule has 0 aromatic rings. The van der Waals surface area contributed by atoms with Crippen LogP contribution in [0.1, 0.15) is 53.4 Å². The van der Waals surface area contributed by atoms with Gasteiger partial charge in [-0.15, -0.1) is 0 Å². The van der Waals surface area contributed by atoms with Gasteiger partial charge in [0.1, 0.15) is 0 Å². The van der Waals surface area contributed by atoms with Gasteiger partial charge in [0.25, 0.3) is 0 Å². The van der Waals surface area contributed by atoms with Gasteiger partial charge in [-0.1, -0.05) is 20.8 Å². The summed E-state index contributed by atoms with van der Waals surface area (Å²) in [5.74, 6) is 1.28. The molecular weight excluding hydrogens is 240 g/mol. The largest absolute Gasteiger partial charge is 0.450 e. The van der Waals surface area contributed by atoms with E-state index < -0.39 is 0 Å². The van der Waals surface area contributed by atoms with Crippen molar-refractivity contribution < 1.29 is 9.53 Å². The number of carbonyl (C=O) groups is 1. The van der Waals surface area contributed by atoms with Crippen LogP contribution in [0.5, 0.6) is 0 Å². The van der Waals surface area contributed by atoms with Crippen LogP contribution in [-0.2, 0) is 4.74 Å². The Morgan fingerprint density at radius 3 is 2.32 bits per heavy atom. The second kappa shape index (κ2) is 7.13. The average Bonchev–Trinajstić information content (AvgIpc) is 2.35. The molecule has 0 saturated heterocycles. The Bertz CT molecular complexity index is 278. The number of rotatable bonds is 4. The first-order chi connectivity index (χ1) is 8.88. The SMILES string of the molecule is CCOC(=O)NC(CN)C1CCC(C(C)(C)C)CC1. The van der Waals surface area contributed by atoms with Crippen molar-refractivity contribution in [3.05, 3.63) is 0 Å². The molecule has 0 aliphatic heterocycles. The predicted molar refractivity (Wildman–Crippen MR) is 77.9 cm³/mol. The Morgan fingerprint density at radius 1 is 1.32 bits per heavy atom. The molecule has 0 aromatic carbocycles. The van der Waals surface area contributed by atoms with Crippen LogP contribution in [-0.4, -0.2) is 25.3 Å². The third-order valence-corrected chi connectivity index (χ3v) is 4.40. The normalized spacial score (nSPS) is 25.7. The fourth-order valence-electron chi connectivity index (χ4n) is 3.08. The van der Waals surface area contributed by atoms with Gasteiger partial charge in [-0.3, -0.25) is 0 Å². The number of ether oxygens (including phenoxy) is 1. The van der Waals surface area contributed by atoms with Gasteiger partial charge in [-0.05, 0) is 49.9 Å². The van der Waals surface area contributed by atoms with E-state index in [4.69, 9.17) is 10.5 Å². The van der Waals surface area contributed by atoms with Gasteiger partial charge in [-0.25, -0.2) is 4.79 Å². The number of nitrogens with one attached hydrogen (secondary N) is 1. The Labute approximate surface area is 117 Å². The minimum Gasteiger partial charge on any atom is -0.450 e. The molecule has 1 unspecified atom stereocenters. The topological polar surface area (TPSA) is 64.3 Å². The van der Waals surface area contributed by atoms with Crippen molar-refractivity contribution in [1.82, 2.24) is 5.32 Å². The summed E-state index contributed by atoms with van der Waals surface area (Å²) in [4.78, 5) is 11.5. The van der Waals surface area contributed by atoms with Gasteiger partial charge in [0.05, 0.1) is 6.61 Å². The molecule has 4 nitrogen and oxygen atoms in total. The molecule has 1 saturated carbocycles. The first kappa shape index (κ1) is 16.3. The molecule has 1 fully saturated rings. The van der Waals surface area contributed by atoms with Gasteiger partial charge in [-0.2, -0.15) is 0 Å². The maximum absolute atomic E-state index is 11.5. The number of alkyl carbamates (subject to hydrolysis) is 1. The van der Waals surface area contributed by atoms with E-state index in [1.165, 1.54) is 12.8 Å². The average molecular weight is 270 g/mol. The summed E-state index contributed by atoms with van der Waals surface area (Å²) in [5, 5.41) is 2.90. The van der Waals surface area contributed by atoms with Crippen molar-refractivity contribution in [3.63, 3.8) is 0 Å². The number of nitrogens with two attached hydrogens (primary N) is 1. The van der Waals surface area contributed by atoms with Crippen LogP contribution in [0.3, 0.4) is 0 Å². The molecule has 1 amide bonds. The lowest BCUT2D eigenvalue weighted by molar-refractivity contribution is 0.119. The molecule has 3 N–H and O–H groups in total. The molecule has 0 aromatic heterocycles. The van der Waals surface area contributed by atoms with Crippen LogP contribution in [0, 0.1) is 17.3 Å². The zero-order chi connectivity index (χ0) is 14.5. The lowest BCUT2D eigenvalue weighted by Gasteiger charge is -2.39. The van der Waals surface area contributed by atoms with Crippen LogP contribution >= 0.6 is 0 Å². The predicted octanol–water partition coefficient (Wildman–Crippen LogP) is 2.91. The van der Waals surface area contributed by atoms with Crippen LogP contribution < -0.4 is 11.1 Å². The quantitative estimate of drug-likeness (QED) is 0.825. The third kappa shape index (κ3) is 5.01. The summed E-state index contributed by atoms with van der Waals surface area (Å²) < 4.78 is 4.93. The third-order valence-electron chi connectivity index (χ3n) is 4.40. The van der Waals surface area contributed by atoms with Gasteiger partial charge >= 0.3 is 6.09 Å². The molecule has 1 rings (SSSR count). The highest BCUT2D eigenvalue weighted by molar-refractivity contribution is 5.67. The van der Waals surface area contributed by atoms with Crippen molar-refractivity contribution in [3.8, 4) is 0 Å². The Hall–Kier alpha value is -0.770. The second-order valence-corrected chi connectivity index (χ2v) is 6.68. The van der Waals surface area contributed by atoms with Gasteiger partial charge in [0.15, 0.2) is 0 Å². The summed E-state index contributed by atoms with van der Waals surface area (Å²) in [6.45, 7) is 9.65. The molecule has 19 heavy (non-hydrogen) atoms. The van der Waals surface area contributed by atoms with Crippen LogP contribution in [0.25, 0.3) is 0 Å². The van der Waals surface area contributed by atoms with Crippen molar-refractivity contribution in [2.24, 2.45) is 23.0 Å². The first-order valence-corrected chi connectivity index (χ1v) is 7.51. The van der Waals surface area contributed by atoms with Crippen molar-refractivity contribution in [2.45, 2.75) is 59.4 Å². The standard InChI is InChI=1S/C15H30N2O2/c1-5-19-14(18)17-13(10-16)11-6-8-12(9-7-11)15(2,3)4/h11-13H,5-10,16H2,1-4H3,(H,17,18). The Morgan fingerprint density at radius 2 is 1.89 bits per heavy atom. The zero-order valence-corrected chi connectivity index (χ0v) is 12.9. The van der Waals surface area contributed by atoms with E-state index in [0.29, 0.717) is 24.5 Å². The molecular formula is C15H30N2O2. The number of amides is 1. The van der Waals surface area contributed by atoms with Crippen molar-refractivity contribution in [1.29, 1.82) is 0 Å². The Kier molecular flexibility index (Phi) is 6.11. The number of carbonyl (C=O) groups excluding carboxylic acids is 1. The maximum atomic E-state index is 11.5. The molecule has 0 heterocycles. The van der Waals surface area contributed by atoms with Crippen molar-refractivity contribution >= 4 is 6.09 Å². The monoisotopic (exact) mass is 270 g/mol. The molecule has 1 atom stereocenters. The Balaban J connectivity index is 2.45. The molecule has 1 aliphatic carbocycles. The van der Waals surface area contributed by atoms with E-state index >= 15 is 0 Å². The lowest BCUT2D eigenvalue weighted by atomic mass is 9.68. The van der Waals surface area contributed by atoms with E-state index in [9.17, 15) is 4.79 Å². The molecule has 4 heteroatoms. The fraction of sp³-hybridized carbons (Fsp3) is 0.933. The number of hydrogen-bond acceptors (Lipinski definition) is 3. The molecule has 112 valence electrons. The van der Waals surface area contributed by atoms with E-state index in [1.54, 1.807) is 0 Å². The summed E-state index contributed by atoms with van der Waals surface area (Å²) in [7, 11) is 0. The zero-order valence-electron chi connectivity index (χ0n) is 12.9. The van der Waals surface area contributed by atoms with E-state index in [1.807, 2.05) is 6.92 Å². The lowest BCUT2D eigenvalue weighted by Crippen LogP contribution is -2.47. The van der Waals surface area contributed by atoms with Gasteiger partial charge < -0.3 is 15.8 Å².